The Bertz CT molecular complexity index is 847. The Kier molecular flexibility index (Phi) is 4.43. The molecule has 1 aliphatic heterocycles. The number of hydrogen-bond donors (Lipinski definition) is 5. The Morgan fingerprint density at radius 2 is 2.24 bits per heavy atom. The number of aromatic amines is 1. The van der Waals surface area contributed by atoms with E-state index in [0.29, 0.717) is 0 Å². The van der Waals surface area contributed by atoms with Crippen LogP contribution in [-0.4, -0.2) is 66.7 Å². The first-order chi connectivity index (χ1) is 11.8. The largest absolute Gasteiger partial charge is 0.462 e. The van der Waals surface area contributed by atoms with Crippen LogP contribution in [0.2, 0.25) is 0 Å². The number of aliphatic hydroxyl groups is 2. The lowest BCUT2D eigenvalue weighted by Gasteiger charge is -2.16. The van der Waals surface area contributed by atoms with Crippen molar-refractivity contribution in [2.24, 2.45) is 5.73 Å². The first kappa shape index (κ1) is 17.3. The maximum absolute atomic E-state index is 11.8. The highest BCUT2D eigenvalue weighted by atomic mass is 16.6. The van der Waals surface area contributed by atoms with E-state index in [1.54, 1.807) is 0 Å². The highest BCUT2D eigenvalue weighted by molar-refractivity contribution is 5.74. The van der Waals surface area contributed by atoms with Crippen molar-refractivity contribution in [3.8, 4) is 0 Å². The van der Waals surface area contributed by atoms with E-state index in [9.17, 15) is 19.8 Å². The first-order valence-corrected chi connectivity index (χ1v) is 7.45. The van der Waals surface area contributed by atoms with Crippen molar-refractivity contribution in [1.82, 2.24) is 19.5 Å². The van der Waals surface area contributed by atoms with E-state index in [4.69, 9.17) is 20.9 Å². The number of aliphatic hydroxyl groups excluding tert-OH is 2. The number of esters is 1. The van der Waals surface area contributed by atoms with Crippen LogP contribution in [0.1, 0.15) is 13.2 Å². The van der Waals surface area contributed by atoms with Crippen molar-refractivity contribution in [1.29, 1.82) is 0 Å². The molecule has 136 valence electrons. The number of hydrogen-bond acceptors (Lipinski definition) is 10. The van der Waals surface area contributed by atoms with Crippen LogP contribution in [0.5, 0.6) is 0 Å². The molecule has 2 aromatic heterocycles. The number of carbonyl (C=O) groups excluding carboxylic acids is 1. The summed E-state index contributed by atoms with van der Waals surface area (Å²) in [6, 6.07) is -0.823. The Morgan fingerprint density at radius 1 is 1.52 bits per heavy atom. The molecule has 0 aromatic carbocycles. The molecule has 3 rings (SSSR count). The zero-order valence-electron chi connectivity index (χ0n) is 13.2. The van der Waals surface area contributed by atoms with Crippen molar-refractivity contribution >= 4 is 23.1 Å². The minimum atomic E-state index is -1.36. The summed E-state index contributed by atoms with van der Waals surface area (Å²) in [6.45, 7) is 1.16. The number of fused-ring (bicyclic) bond motifs is 1. The first-order valence-electron chi connectivity index (χ1n) is 7.45. The van der Waals surface area contributed by atoms with E-state index in [2.05, 4.69) is 15.0 Å². The van der Waals surface area contributed by atoms with Gasteiger partial charge in [0.05, 0.1) is 6.33 Å². The predicted octanol–water partition coefficient (Wildman–Crippen LogP) is -2.79. The lowest BCUT2D eigenvalue weighted by Crippen LogP contribution is -2.36. The van der Waals surface area contributed by atoms with Crippen LogP contribution in [0.4, 0.5) is 5.95 Å². The molecule has 0 bridgehead atoms. The lowest BCUT2D eigenvalue weighted by atomic mass is 10.1. The standard InChI is InChI=1S/C13H18N6O6/c1-4(14)12(23)24-2-5-7(20)8(21)11(25-5)19-3-16-6-9(19)17-13(15)18-10(6)22/h3-5,7-8,11,20-21H,2,14H2,1H3,(H3,15,17,18,22). The van der Waals surface area contributed by atoms with Crippen LogP contribution >= 0.6 is 0 Å². The van der Waals surface area contributed by atoms with Crippen LogP contribution in [0.25, 0.3) is 11.2 Å². The van der Waals surface area contributed by atoms with Gasteiger partial charge in [-0.25, -0.2) is 4.98 Å². The summed E-state index contributed by atoms with van der Waals surface area (Å²) in [4.78, 5) is 33.4. The summed E-state index contributed by atoms with van der Waals surface area (Å²) in [7, 11) is 0. The summed E-state index contributed by atoms with van der Waals surface area (Å²) in [5.74, 6) is -0.794. The molecule has 3 heterocycles. The van der Waals surface area contributed by atoms with Gasteiger partial charge in [-0.15, -0.1) is 0 Å². The fraction of sp³-hybridized carbons (Fsp3) is 0.538. The number of nitrogen functional groups attached to an aromatic ring is 1. The number of nitrogens with zero attached hydrogens (tertiary/aromatic N) is 3. The molecule has 0 radical (unpaired) electrons. The Hall–Kier alpha value is -2.54. The molecule has 5 unspecified atom stereocenters. The van der Waals surface area contributed by atoms with Crippen LogP contribution in [0.3, 0.4) is 0 Å². The summed E-state index contributed by atoms with van der Waals surface area (Å²) >= 11 is 0. The fourth-order valence-electron chi connectivity index (χ4n) is 2.52. The van der Waals surface area contributed by atoms with Gasteiger partial charge in [-0.05, 0) is 6.92 Å². The van der Waals surface area contributed by atoms with E-state index >= 15 is 0 Å². The third-order valence-corrected chi connectivity index (χ3v) is 3.82. The van der Waals surface area contributed by atoms with Gasteiger partial charge in [0, 0.05) is 0 Å². The third kappa shape index (κ3) is 3.07. The van der Waals surface area contributed by atoms with Crippen molar-refractivity contribution in [2.45, 2.75) is 37.5 Å². The Balaban J connectivity index is 1.84. The highest BCUT2D eigenvalue weighted by Gasteiger charge is 2.45. The number of imidazole rings is 1. The number of ether oxygens (including phenoxy) is 2. The quantitative estimate of drug-likeness (QED) is 0.358. The molecule has 25 heavy (non-hydrogen) atoms. The minimum Gasteiger partial charge on any atom is -0.462 e. The number of aromatic nitrogens is 4. The number of nitrogens with two attached hydrogens (primary N) is 2. The van der Waals surface area contributed by atoms with E-state index in [1.807, 2.05) is 0 Å². The fourth-order valence-corrected chi connectivity index (χ4v) is 2.52. The molecular formula is C13H18N6O6. The number of H-pyrrole nitrogens is 1. The molecule has 2 aromatic rings. The molecule has 0 saturated carbocycles. The van der Waals surface area contributed by atoms with E-state index in [1.165, 1.54) is 17.8 Å². The van der Waals surface area contributed by atoms with Crippen LogP contribution < -0.4 is 17.0 Å². The van der Waals surface area contributed by atoms with Crippen molar-refractivity contribution in [2.75, 3.05) is 12.3 Å². The molecule has 0 amide bonds. The maximum atomic E-state index is 11.8. The molecule has 12 nitrogen and oxygen atoms in total. The monoisotopic (exact) mass is 354 g/mol. The van der Waals surface area contributed by atoms with Crippen LogP contribution in [0, 0.1) is 0 Å². The lowest BCUT2D eigenvalue weighted by molar-refractivity contribution is -0.151. The van der Waals surface area contributed by atoms with Gasteiger partial charge in [0.15, 0.2) is 17.4 Å². The van der Waals surface area contributed by atoms with E-state index in [0.717, 1.165) is 0 Å². The van der Waals surface area contributed by atoms with Gasteiger partial charge >= 0.3 is 5.97 Å². The molecular weight excluding hydrogens is 336 g/mol. The summed E-state index contributed by atoms with van der Waals surface area (Å²) in [6.07, 6.45) is -3.53. The minimum absolute atomic E-state index is 0.00586. The highest BCUT2D eigenvalue weighted by Crippen LogP contribution is 2.31. The van der Waals surface area contributed by atoms with Crippen LogP contribution in [-0.2, 0) is 14.3 Å². The smallest absolute Gasteiger partial charge is 0.322 e. The zero-order valence-corrected chi connectivity index (χ0v) is 13.2. The Labute approximate surface area is 140 Å². The van der Waals surface area contributed by atoms with E-state index in [-0.39, 0.29) is 23.7 Å². The molecule has 5 atom stereocenters. The molecule has 0 aliphatic carbocycles. The van der Waals surface area contributed by atoms with Gasteiger partial charge in [-0.2, -0.15) is 4.98 Å². The SMILES string of the molecule is CC(N)C(=O)OCC1OC(n2cnc3c(=O)[nH]c(N)nc32)C(O)C1O. The molecule has 0 spiro atoms. The van der Waals surface area contributed by atoms with Crippen molar-refractivity contribution < 1.29 is 24.5 Å². The summed E-state index contributed by atoms with van der Waals surface area (Å²) in [5.41, 5.74) is 10.5. The maximum Gasteiger partial charge on any atom is 0.322 e. The van der Waals surface area contributed by atoms with Crippen molar-refractivity contribution in [3.05, 3.63) is 16.7 Å². The Morgan fingerprint density at radius 3 is 2.92 bits per heavy atom. The second kappa shape index (κ2) is 6.40. The molecule has 12 heteroatoms. The van der Waals surface area contributed by atoms with Gasteiger partial charge in [-0.1, -0.05) is 0 Å². The third-order valence-electron chi connectivity index (χ3n) is 3.82. The van der Waals surface area contributed by atoms with Gasteiger partial charge in [0.25, 0.3) is 5.56 Å². The molecule has 1 aliphatic rings. The van der Waals surface area contributed by atoms with Crippen LogP contribution in [0.15, 0.2) is 11.1 Å². The normalized spacial score (nSPS) is 27.5. The number of anilines is 1. The van der Waals surface area contributed by atoms with Gasteiger partial charge in [0.2, 0.25) is 5.95 Å². The number of rotatable bonds is 4. The zero-order chi connectivity index (χ0) is 18.3. The summed E-state index contributed by atoms with van der Waals surface area (Å²) < 4.78 is 11.8. The average Bonchev–Trinajstić information content (AvgIpc) is 3.08. The van der Waals surface area contributed by atoms with Gasteiger partial charge < -0.3 is 31.2 Å². The van der Waals surface area contributed by atoms with Crippen molar-refractivity contribution in [3.63, 3.8) is 0 Å². The molecule has 7 N–H and O–H groups in total. The van der Waals surface area contributed by atoms with E-state index < -0.39 is 42.1 Å². The molecule has 1 saturated heterocycles. The average molecular weight is 354 g/mol. The molecule has 1 fully saturated rings. The van der Waals surface area contributed by atoms with Gasteiger partial charge in [-0.3, -0.25) is 19.1 Å². The second-order valence-corrected chi connectivity index (χ2v) is 5.74. The summed E-state index contributed by atoms with van der Waals surface area (Å²) in [5, 5.41) is 20.4. The second-order valence-electron chi connectivity index (χ2n) is 5.74. The predicted molar refractivity (Wildman–Crippen MR) is 83.1 cm³/mol. The topological polar surface area (TPSA) is 192 Å². The number of nitrogens with one attached hydrogen (secondary N) is 1. The van der Waals surface area contributed by atoms with Gasteiger partial charge in [0.1, 0.15) is 31.0 Å². The number of carbonyl (C=O) groups is 1.